The SMILES string of the molecule is COc1ccc(CN)cc1OCC1CCC2(CCCC2)O1. The van der Waals surface area contributed by atoms with E-state index >= 15 is 0 Å². The summed E-state index contributed by atoms with van der Waals surface area (Å²) in [6, 6.07) is 5.83. The Morgan fingerprint density at radius 3 is 2.76 bits per heavy atom. The summed E-state index contributed by atoms with van der Waals surface area (Å²) in [7, 11) is 1.66. The molecule has 1 unspecified atom stereocenters. The maximum atomic E-state index is 6.27. The largest absolute Gasteiger partial charge is 0.493 e. The predicted molar refractivity (Wildman–Crippen MR) is 81.7 cm³/mol. The van der Waals surface area contributed by atoms with E-state index in [4.69, 9.17) is 19.9 Å². The maximum Gasteiger partial charge on any atom is 0.161 e. The fourth-order valence-corrected chi connectivity index (χ4v) is 3.54. The number of hydrogen-bond donors (Lipinski definition) is 1. The monoisotopic (exact) mass is 291 g/mol. The summed E-state index contributed by atoms with van der Waals surface area (Å²) in [5.74, 6) is 1.51. The average molecular weight is 291 g/mol. The average Bonchev–Trinajstić information content (AvgIpc) is 3.15. The van der Waals surface area contributed by atoms with E-state index in [9.17, 15) is 0 Å². The van der Waals surface area contributed by atoms with Crippen molar-refractivity contribution in [3.63, 3.8) is 0 Å². The molecule has 2 aliphatic rings. The number of hydrogen-bond acceptors (Lipinski definition) is 4. The highest BCUT2D eigenvalue weighted by Crippen LogP contribution is 2.43. The summed E-state index contributed by atoms with van der Waals surface area (Å²) in [5.41, 5.74) is 6.90. The van der Waals surface area contributed by atoms with Crippen molar-refractivity contribution in [2.24, 2.45) is 5.73 Å². The van der Waals surface area contributed by atoms with E-state index in [1.807, 2.05) is 18.2 Å². The Morgan fingerprint density at radius 1 is 1.24 bits per heavy atom. The number of ether oxygens (including phenoxy) is 3. The molecule has 1 aromatic rings. The van der Waals surface area contributed by atoms with Crippen LogP contribution in [0.5, 0.6) is 11.5 Å². The minimum Gasteiger partial charge on any atom is -0.493 e. The Morgan fingerprint density at radius 2 is 2.05 bits per heavy atom. The van der Waals surface area contributed by atoms with Crippen molar-refractivity contribution >= 4 is 0 Å². The zero-order chi connectivity index (χ0) is 14.7. The van der Waals surface area contributed by atoms with Crippen LogP contribution >= 0.6 is 0 Å². The number of rotatable bonds is 5. The minimum absolute atomic E-state index is 0.164. The molecule has 2 fully saturated rings. The number of methoxy groups -OCH3 is 1. The van der Waals surface area contributed by atoms with E-state index in [0.29, 0.717) is 13.2 Å². The Bertz CT molecular complexity index is 483. The molecule has 1 aliphatic carbocycles. The van der Waals surface area contributed by atoms with Crippen molar-refractivity contribution in [3.8, 4) is 11.5 Å². The summed E-state index contributed by atoms with van der Waals surface area (Å²) in [4.78, 5) is 0. The molecule has 1 aliphatic heterocycles. The molecular formula is C17H25NO3. The van der Waals surface area contributed by atoms with Crippen molar-refractivity contribution in [2.75, 3.05) is 13.7 Å². The Hall–Kier alpha value is -1.26. The van der Waals surface area contributed by atoms with Gasteiger partial charge in [0.05, 0.1) is 18.8 Å². The third kappa shape index (κ3) is 3.16. The Labute approximate surface area is 126 Å². The first kappa shape index (κ1) is 14.7. The number of nitrogens with two attached hydrogens (primary N) is 1. The molecule has 116 valence electrons. The van der Waals surface area contributed by atoms with Crippen molar-refractivity contribution in [1.29, 1.82) is 0 Å². The fraction of sp³-hybridized carbons (Fsp3) is 0.647. The van der Waals surface area contributed by atoms with E-state index in [-0.39, 0.29) is 11.7 Å². The summed E-state index contributed by atoms with van der Waals surface area (Å²) >= 11 is 0. The minimum atomic E-state index is 0.164. The summed E-state index contributed by atoms with van der Waals surface area (Å²) in [6.45, 7) is 1.09. The fourth-order valence-electron chi connectivity index (χ4n) is 3.54. The maximum absolute atomic E-state index is 6.27. The predicted octanol–water partition coefficient (Wildman–Crippen LogP) is 3.02. The highest BCUT2D eigenvalue weighted by atomic mass is 16.6. The van der Waals surface area contributed by atoms with E-state index in [1.54, 1.807) is 7.11 Å². The van der Waals surface area contributed by atoms with Crippen LogP contribution in [0.2, 0.25) is 0 Å². The molecule has 1 aromatic carbocycles. The lowest BCUT2D eigenvalue weighted by Gasteiger charge is -2.24. The van der Waals surface area contributed by atoms with Crippen LogP contribution in [0, 0.1) is 0 Å². The Balaban J connectivity index is 1.60. The first-order valence-corrected chi connectivity index (χ1v) is 7.92. The van der Waals surface area contributed by atoms with E-state index < -0.39 is 0 Å². The van der Waals surface area contributed by atoms with Gasteiger partial charge in [-0.1, -0.05) is 18.9 Å². The Kier molecular flexibility index (Phi) is 4.36. The quantitative estimate of drug-likeness (QED) is 0.906. The van der Waals surface area contributed by atoms with Crippen LogP contribution in [0.4, 0.5) is 0 Å². The molecule has 4 nitrogen and oxygen atoms in total. The van der Waals surface area contributed by atoms with Gasteiger partial charge < -0.3 is 19.9 Å². The topological polar surface area (TPSA) is 53.7 Å². The van der Waals surface area contributed by atoms with Crippen LogP contribution in [0.25, 0.3) is 0 Å². The van der Waals surface area contributed by atoms with Crippen LogP contribution < -0.4 is 15.2 Å². The van der Waals surface area contributed by atoms with Gasteiger partial charge in [0.1, 0.15) is 6.61 Å². The molecule has 1 heterocycles. The van der Waals surface area contributed by atoms with Crippen molar-refractivity contribution in [2.45, 2.75) is 56.8 Å². The molecule has 1 spiro atoms. The van der Waals surface area contributed by atoms with Gasteiger partial charge in [0.25, 0.3) is 0 Å². The van der Waals surface area contributed by atoms with Crippen LogP contribution in [-0.4, -0.2) is 25.4 Å². The van der Waals surface area contributed by atoms with Crippen LogP contribution in [0.3, 0.4) is 0 Å². The van der Waals surface area contributed by atoms with Crippen molar-refractivity contribution in [1.82, 2.24) is 0 Å². The van der Waals surface area contributed by atoms with Crippen LogP contribution in [-0.2, 0) is 11.3 Å². The van der Waals surface area contributed by atoms with Gasteiger partial charge >= 0.3 is 0 Å². The molecule has 1 saturated heterocycles. The van der Waals surface area contributed by atoms with Gasteiger partial charge in [-0.15, -0.1) is 0 Å². The van der Waals surface area contributed by atoms with Gasteiger partial charge in [-0.3, -0.25) is 0 Å². The molecular weight excluding hydrogens is 266 g/mol. The van der Waals surface area contributed by atoms with Gasteiger partial charge in [-0.2, -0.15) is 0 Å². The summed E-state index contributed by atoms with van der Waals surface area (Å²) in [5, 5.41) is 0. The molecule has 0 aromatic heterocycles. The summed E-state index contributed by atoms with van der Waals surface area (Å²) in [6.07, 6.45) is 7.53. The van der Waals surface area contributed by atoms with Crippen molar-refractivity contribution in [3.05, 3.63) is 23.8 Å². The molecule has 1 atom stereocenters. The zero-order valence-electron chi connectivity index (χ0n) is 12.8. The first-order valence-electron chi connectivity index (χ1n) is 7.92. The normalized spacial score (nSPS) is 23.6. The second-order valence-corrected chi connectivity index (χ2v) is 6.17. The van der Waals surface area contributed by atoms with Crippen molar-refractivity contribution < 1.29 is 14.2 Å². The molecule has 0 amide bonds. The third-order valence-electron chi connectivity index (χ3n) is 4.74. The van der Waals surface area contributed by atoms with Crippen LogP contribution in [0.15, 0.2) is 18.2 Å². The highest BCUT2D eigenvalue weighted by Gasteiger charge is 2.42. The van der Waals surface area contributed by atoms with E-state index in [1.165, 1.54) is 32.1 Å². The molecule has 4 heteroatoms. The smallest absolute Gasteiger partial charge is 0.161 e. The molecule has 0 bridgehead atoms. The van der Waals surface area contributed by atoms with Gasteiger partial charge in [-0.25, -0.2) is 0 Å². The first-order chi connectivity index (χ1) is 10.2. The van der Waals surface area contributed by atoms with Gasteiger partial charge in [0.2, 0.25) is 0 Å². The molecule has 1 saturated carbocycles. The zero-order valence-corrected chi connectivity index (χ0v) is 12.8. The molecule has 2 N–H and O–H groups in total. The lowest BCUT2D eigenvalue weighted by Crippen LogP contribution is -2.27. The lowest BCUT2D eigenvalue weighted by molar-refractivity contribution is -0.0510. The van der Waals surface area contributed by atoms with Crippen LogP contribution in [0.1, 0.15) is 44.1 Å². The second-order valence-electron chi connectivity index (χ2n) is 6.17. The highest BCUT2D eigenvalue weighted by molar-refractivity contribution is 5.42. The van der Waals surface area contributed by atoms with Gasteiger partial charge in [-0.05, 0) is 43.4 Å². The molecule has 21 heavy (non-hydrogen) atoms. The summed E-state index contributed by atoms with van der Waals surface area (Å²) < 4.78 is 17.6. The number of benzene rings is 1. The molecule has 3 rings (SSSR count). The molecule has 0 radical (unpaired) electrons. The third-order valence-corrected chi connectivity index (χ3v) is 4.74. The lowest BCUT2D eigenvalue weighted by atomic mass is 9.98. The second kappa shape index (κ2) is 6.24. The van der Waals surface area contributed by atoms with E-state index in [0.717, 1.165) is 23.5 Å². The standard InChI is InChI=1S/C17H25NO3/c1-19-15-5-4-13(11-18)10-16(15)20-12-14-6-9-17(21-14)7-2-3-8-17/h4-5,10,14H,2-3,6-9,11-12,18H2,1H3. The van der Waals surface area contributed by atoms with Gasteiger partial charge in [0, 0.05) is 6.54 Å². The van der Waals surface area contributed by atoms with E-state index in [2.05, 4.69) is 0 Å². The van der Waals surface area contributed by atoms with Gasteiger partial charge in [0.15, 0.2) is 11.5 Å².